The molecule has 1 N–H and O–H groups in total. The van der Waals surface area contributed by atoms with Crippen molar-refractivity contribution in [2.75, 3.05) is 31.2 Å². The monoisotopic (exact) mass is 427 g/mol. The molecular formula is C26H25N3O3. The fourth-order valence-electron chi connectivity index (χ4n) is 4.20. The predicted molar refractivity (Wildman–Crippen MR) is 125 cm³/mol. The van der Waals surface area contributed by atoms with E-state index in [1.807, 2.05) is 67.6 Å². The van der Waals surface area contributed by atoms with E-state index in [0.29, 0.717) is 11.5 Å². The van der Waals surface area contributed by atoms with Gasteiger partial charge in [-0.2, -0.15) is 5.10 Å². The number of nitrogens with one attached hydrogen (secondary N) is 1. The summed E-state index contributed by atoms with van der Waals surface area (Å²) in [4.78, 5) is 15.5. The molecule has 1 saturated heterocycles. The first kappa shape index (κ1) is 20.3. The van der Waals surface area contributed by atoms with Crippen LogP contribution in [0.4, 0.5) is 5.69 Å². The number of anilines is 1. The Balaban J connectivity index is 1.34. The van der Waals surface area contributed by atoms with Crippen molar-refractivity contribution in [3.63, 3.8) is 0 Å². The van der Waals surface area contributed by atoms with E-state index in [4.69, 9.17) is 9.47 Å². The van der Waals surface area contributed by atoms with Gasteiger partial charge in [0.05, 0.1) is 24.8 Å². The summed E-state index contributed by atoms with van der Waals surface area (Å²) in [6.07, 6.45) is 0. The van der Waals surface area contributed by atoms with Crippen LogP contribution in [0.2, 0.25) is 0 Å². The number of benzene rings is 3. The standard InChI is InChI=1S/C26H25N3O3/c1-18(19-10-12-20(13-11-19)29-14-16-31-17-15-29)27-28-26(30)25-21-6-2-4-8-23(21)32-24-9-5-3-7-22(24)25/h2-13,25H,14-17H2,1H3,(H,28,30). The molecule has 162 valence electrons. The van der Waals surface area contributed by atoms with Crippen molar-refractivity contribution in [1.82, 2.24) is 5.43 Å². The van der Waals surface area contributed by atoms with Gasteiger partial charge in [0.1, 0.15) is 11.5 Å². The van der Waals surface area contributed by atoms with E-state index in [0.717, 1.165) is 48.7 Å². The van der Waals surface area contributed by atoms with Gasteiger partial charge in [-0.3, -0.25) is 4.79 Å². The van der Waals surface area contributed by atoms with Crippen molar-refractivity contribution in [3.05, 3.63) is 89.5 Å². The van der Waals surface area contributed by atoms with Crippen LogP contribution < -0.4 is 15.1 Å². The summed E-state index contributed by atoms with van der Waals surface area (Å²) in [5.74, 6) is 0.741. The average Bonchev–Trinajstić information content (AvgIpc) is 2.86. The van der Waals surface area contributed by atoms with Crippen LogP contribution in [0.15, 0.2) is 77.9 Å². The molecule has 6 heteroatoms. The van der Waals surface area contributed by atoms with Gasteiger partial charge in [-0.1, -0.05) is 48.5 Å². The van der Waals surface area contributed by atoms with Crippen LogP contribution >= 0.6 is 0 Å². The molecule has 0 unspecified atom stereocenters. The van der Waals surface area contributed by atoms with E-state index in [-0.39, 0.29) is 5.91 Å². The minimum atomic E-state index is -0.476. The smallest absolute Gasteiger partial charge is 0.252 e. The normalized spacial score (nSPS) is 16.0. The molecule has 3 aromatic rings. The molecule has 0 aromatic heterocycles. The maximum atomic E-state index is 13.2. The van der Waals surface area contributed by atoms with Gasteiger partial charge in [-0.05, 0) is 36.8 Å². The van der Waals surface area contributed by atoms with Crippen LogP contribution in [-0.2, 0) is 9.53 Å². The Hall–Kier alpha value is -3.64. The molecule has 0 bridgehead atoms. The number of fused-ring (bicyclic) bond motifs is 2. The molecule has 0 radical (unpaired) electrons. The van der Waals surface area contributed by atoms with Crippen molar-refractivity contribution in [2.24, 2.45) is 5.10 Å². The van der Waals surface area contributed by atoms with Gasteiger partial charge in [-0.15, -0.1) is 0 Å². The molecule has 6 nitrogen and oxygen atoms in total. The highest BCUT2D eigenvalue weighted by Crippen LogP contribution is 2.43. The summed E-state index contributed by atoms with van der Waals surface area (Å²) in [5, 5.41) is 4.40. The molecule has 1 fully saturated rings. The first-order valence-electron chi connectivity index (χ1n) is 10.8. The zero-order valence-corrected chi connectivity index (χ0v) is 18.0. The minimum absolute atomic E-state index is 0.183. The van der Waals surface area contributed by atoms with Crippen LogP contribution in [0.5, 0.6) is 11.5 Å². The van der Waals surface area contributed by atoms with Crippen LogP contribution in [-0.4, -0.2) is 37.9 Å². The van der Waals surface area contributed by atoms with Crippen molar-refractivity contribution >= 4 is 17.3 Å². The number of hydrogen-bond donors (Lipinski definition) is 1. The van der Waals surface area contributed by atoms with Crippen LogP contribution in [0.25, 0.3) is 0 Å². The fourth-order valence-corrected chi connectivity index (χ4v) is 4.20. The summed E-state index contributed by atoms with van der Waals surface area (Å²) in [5.41, 5.74) is 7.34. The van der Waals surface area contributed by atoms with Crippen LogP contribution in [0, 0.1) is 0 Å². The molecule has 1 amide bonds. The molecule has 2 heterocycles. The van der Waals surface area contributed by atoms with Gasteiger partial charge < -0.3 is 14.4 Å². The highest BCUT2D eigenvalue weighted by Gasteiger charge is 2.32. The summed E-state index contributed by atoms with van der Waals surface area (Å²) in [7, 11) is 0. The Morgan fingerprint density at radius 2 is 1.50 bits per heavy atom. The molecule has 0 atom stereocenters. The average molecular weight is 428 g/mol. The quantitative estimate of drug-likeness (QED) is 0.498. The number of carbonyl (C=O) groups excluding carboxylic acids is 1. The summed E-state index contributed by atoms with van der Waals surface area (Å²) >= 11 is 0. The number of hydrogen-bond acceptors (Lipinski definition) is 5. The SMILES string of the molecule is CC(=NNC(=O)C1c2ccccc2Oc2ccccc21)c1ccc(N2CCOCC2)cc1. The van der Waals surface area contributed by atoms with Crippen LogP contribution in [0.3, 0.4) is 0 Å². The first-order valence-corrected chi connectivity index (χ1v) is 10.8. The molecule has 2 aliphatic rings. The highest BCUT2D eigenvalue weighted by atomic mass is 16.5. The summed E-state index contributed by atoms with van der Waals surface area (Å²) < 4.78 is 11.4. The topological polar surface area (TPSA) is 63.2 Å². The number of carbonyl (C=O) groups is 1. The lowest BCUT2D eigenvalue weighted by Crippen LogP contribution is -2.36. The predicted octanol–water partition coefficient (Wildman–Crippen LogP) is 4.30. The van der Waals surface area contributed by atoms with Crippen molar-refractivity contribution in [1.29, 1.82) is 0 Å². The molecular weight excluding hydrogens is 402 g/mol. The molecule has 32 heavy (non-hydrogen) atoms. The molecule has 0 aliphatic carbocycles. The largest absolute Gasteiger partial charge is 0.457 e. The van der Waals surface area contributed by atoms with Gasteiger partial charge in [0.25, 0.3) is 5.91 Å². The number of nitrogens with zero attached hydrogens (tertiary/aromatic N) is 2. The number of morpholine rings is 1. The van der Waals surface area contributed by atoms with Gasteiger partial charge >= 0.3 is 0 Å². The maximum absolute atomic E-state index is 13.2. The van der Waals surface area contributed by atoms with Gasteiger partial charge in [-0.25, -0.2) is 5.43 Å². The van der Waals surface area contributed by atoms with E-state index in [1.165, 1.54) is 5.69 Å². The van der Waals surface area contributed by atoms with Crippen molar-refractivity contribution in [3.8, 4) is 11.5 Å². The van der Waals surface area contributed by atoms with Gasteiger partial charge in [0.15, 0.2) is 0 Å². The third kappa shape index (κ3) is 3.97. The Labute approximate surface area is 187 Å². The van der Waals surface area contributed by atoms with Crippen molar-refractivity contribution in [2.45, 2.75) is 12.8 Å². The zero-order chi connectivity index (χ0) is 21.9. The molecule has 5 rings (SSSR count). The first-order chi connectivity index (χ1) is 15.7. The number of para-hydroxylation sites is 2. The zero-order valence-electron chi connectivity index (χ0n) is 18.0. The lowest BCUT2D eigenvalue weighted by molar-refractivity contribution is -0.121. The minimum Gasteiger partial charge on any atom is -0.457 e. The van der Waals surface area contributed by atoms with E-state index in [2.05, 4.69) is 27.6 Å². The molecule has 0 saturated carbocycles. The number of hydrazone groups is 1. The fraction of sp³-hybridized carbons (Fsp3) is 0.231. The van der Waals surface area contributed by atoms with E-state index in [1.54, 1.807) is 0 Å². The number of amides is 1. The third-order valence-electron chi connectivity index (χ3n) is 5.94. The van der Waals surface area contributed by atoms with E-state index >= 15 is 0 Å². The number of ether oxygens (including phenoxy) is 2. The molecule has 3 aromatic carbocycles. The second-order valence-electron chi connectivity index (χ2n) is 7.93. The van der Waals surface area contributed by atoms with E-state index < -0.39 is 5.92 Å². The Bertz CT molecular complexity index is 1110. The Morgan fingerprint density at radius 3 is 2.12 bits per heavy atom. The Morgan fingerprint density at radius 1 is 0.906 bits per heavy atom. The molecule has 2 aliphatic heterocycles. The Kier molecular flexibility index (Phi) is 5.60. The van der Waals surface area contributed by atoms with Crippen molar-refractivity contribution < 1.29 is 14.3 Å². The lowest BCUT2D eigenvalue weighted by Gasteiger charge is -2.28. The second kappa shape index (κ2) is 8.85. The van der Waals surface area contributed by atoms with Gasteiger partial charge in [0.2, 0.25) is 0 Å². The van der Waals surface area contributed by atoms with E-state index in [9.17, 15) is 4.79 Å². The second-order valence-corrected chi connectivity index (χ2v) is 7.93. The third-order valence-corrected chi connectivity index (χ3v) is 5.94. The van der Waals surface area contributed by atoms with Crippen LogP contribution in [0.1, 0.15) is 29.5 Å². The summed E-state index contributed by atoms with van der Waals surface area (Å²) in [6, 6.07) is 23.5. The maximum Gasteiger partial charge on any atom is 0.252 e. The number of rotatable bonds is 4. The highest BCUT2D eigenvalue weighted by molar-refractivity contribution is 6.00. The molecule has 0 spiro atoms. The van der Waals surface area contributed by atoms with Gasteiger partial charge in [0, 0.05) is 29.9 Å². The summed E-state index contributed by atoms with van der Waals surface area (Å²) in [6.45, 7) is 5.21. The lowest BCUT2D eigenvalue weighted by atomic mass is 9.87.